The number of nitrogens with zero attached hydrogens (tertiary/aromatic N) is 1. The summed E-state index contributed by atoms with van der Waals surface area (Å²) in [5, 5.41) is 0.431. The molecule has 1 aliphatic heterocycles. The van der Waals surface area contributed by atoms with Crippen LogP contribution < -0.4 is 10.6 Å². The normalized spacial score (nSPS) is 19.4. The smallest absolute Gasteiger partial charge is 0.222 e. The molecule has 2 rings (SSSR count). The van der Waals surface area contributed by atoms with Crippen molar-refractivity contribution in [1.82, 2.24) is 0 Å². The number of rotatable bonds is 3. The third kappa shape index (κ3) is 2.42. The SMILES string of the molecule is NC(=O)C1CCN(c2ccc(C=O)c(Cl)c2)C1. The quantitative estimate of drug-likeness (QED) is 0.829. The Bertz CT molecular complexity index is 462. The molecule has 4 nitrogen and oxygen atoms in total. The number of amides is 1. The van der Waals surface area contributed by atoms with Crippen molar-refractivity contribution >= 4 is 29.5 Å². The minimum absolute atomic E-state index is 0.0977. The van der Waals surface area contributed by atoms with Gasteiger partial charge in [-0.15, -0.1) is 0 Å². The molecule has 0 aliphatic carbocycles. The van der Waals surface area contributed by atoms with Crippen molar-refractivity contribution in [3.63, 3.8) is 0 Å². The Morgan fingerprint density at radius 3 is 2.82 bits per heavy atom. The molecule has 0 spiro atoms. The van der Waals surface area contributed by atoms with Crippen LogP contribution in [0.25, 0.3) is 0 Å². The van der Waals surface area contributed by atoms with Crippen LogP contribution in [0, 0.1) is 5.92 Å². The molecule has 5 heteroatoms. The molecule has 1 aliphatic rings. The molecule has 0 radical (unpaired) electrons. The van der Waals surface area contributed by atoms with Gasteiger partial charge >= 0.3 is 0 Å². The van der Waals surface area contributed by atoms with Crippen LogP contribution >= 0.6 is 11.6 Å². The van der Waals surface area contributed by atoms with Crippen molar-refractivity contribution in [2.45, 2.75) is 6.42 Å². The second-order valence-electron chi connectivity index (χ2n) is 4.16. The monoisotopic (exact) mass is 252 g/mol. The van der Waals surface area contributed by atoms with Crippen LogP contribution in [0.3, 0.4) is 0 Å². The van der Waals surface area contributed by atoms with E-state index in [9.17, 15) is 9.59 Å². The van der Waals surface area contributed by atoms with Crippen molar-refractivity contribution in [1.29, 1.82) is 0 Å². The summed E-state index contributed by atoms with van der Waals surface area (Å²) in [5.74, 6) is -0.359. The van der Waals surface area contributed by atoms with E-state index in [0.717, 1.165) is 24.9 Å². The molecule has 1 saturated heterocycles. The lowest BCUT2D eigenvalue weighted by Gasteiger charge is -2.18. The van der Waals surface area contributed by atoms with Gasteiger partial charge in [0.2, 0.25) is 5.91 Å². The summed E-state index contributed by atoms with van der Waals surface area (Å²) in [4.78, 5) is 23.8. The first-order valence-electron chi connectivity index (χ1n) is 5.41. The zero-order valence-electron chi connectivity index (χ0n) is 9.23. The van der Waals surface area contributed by atoms with Crippen LogP contribution in [0.4, 0.5) is 5.69 Å². The van der Waals surface area contributed by atoms with E-state index >= 15 is 0 Å². The molecule has 1 fully saturated rings. The highest BCUT2D eigenvalue weighted by Gasteiger charge is 2.26. The molecule has 0 saturated carbocycles. The fourth-order valence-corrected chi connectivity index (χ4v) is 2.25. The molecule has 90 valence electrons. The number of nitrogens with two attached hydrogens (primary N) is 1. The number of anilines is 1. The summed E-state index contributed by atoms with van der Waals surface area (Å²) in [7, 11) is 0. The van der Waals surface area contributed by atoms with Crippen molar-refractivity contribution in [2.75, 3.05) is 18.0 Å². The van der Waals surface area contributed by atoms with E-state index < -0.39 is 0 Å². The van der Waals surface area contributed by atoms with E-state index in [1.807, 2.05) is 6.07 Å². The zero-order valence-corrected chi connectivity index (χ0v) is 9.98. The number of hydrogen-bond acceptors (Lipinski definition) is 3. The molecular formula is C12H13ClN2O2. The Balaban J connectivity index is 2.16. The first kappa shape index (κ1) is 11.9. The maximum atomic E-state index is 11.1. The van der Waals surface area contributed by atoms with Crippen LogP contribution in [0.15, 0.2) is 18.2 Å². The Morgan fingerprint density at radius 1 is 1.53 bits per heavy atom. The van der Waals surface area contributed by atoms with E-state index in [2.05, 4.69) is 4.90 Å². The summed E-state index contributed by atoms with van der Waals surface area (Å²) in [6, 6.07) is 5.26. The highest BCUT2D eigenvalue weighted by Crippen LogP contribution is 2.27. The summed E-state index contributed by atoms with van der Waals surface area (Å²) in [5.41, 5.74) is 6.67. The fraction of sp³-hybridized carbons (Fsp3) is 0.333. The van der Waals surface area contributed by atoms with Crippen LogP contribution in [0.5, 0.6) is 0 Å². The van der Waals surface area contributed by atoms with Gasteiger partial charge in [0.05, 0.1) is 10.9 Å². The number of benzene rings is 1. The Morgan fingerprint density at radius 2 is 2.29 bits per heavy atom. The highest BCUT2D eigenvalue weighted by molar-refractivity contribution is 6.33. The van der Waals surface area contributed by atoms with Gasteiger partial charge in [0.15, 0.2) is 6.29 Å². The Labute approximate surface area is 104 Å². The van der Waals surface area contributed by atoms with Crippen molar-refractivity contribution in [2.24, 2.45) is 11.7 Å². The second-order valence-corrected chi connectivity index (χ2v) is 4.56. The van der Waals surface area contributed by atoms with Crippen molar-refractivity contribution in [3.8, 4) is 0 Å². The van der Waals surface area contributed by atoms with Gasteiger partial charge in [-0.05, 0) is 24.6 Å². The molecule has 0 aromatic heterocycles. The molecule has 1 unspecified atom stereocenters. The van der Waals surface area contributed by atoms with Crippen LogP contribution in [0.1, 0.15) is 16.8 Å². The number of carbonyl (C=O) groups excluding carboxylic acids is 2. The molecule has 0 bridgehead atoms. The molecule has 2 N–H and O–H groups in total. The van der Waals surface area contributed by atoms with Crippen molar-refractivity contribution in [3.05, 3.63) is 28.8 Å². The summed E-state index contributed by atoms with van der Waals surface area (Å²) < 4.78 is 0. The van der Waals surface area contributed by atoms with Gasteiger partial charge in [-0.25, -0.2) is 0 Å². The van der Waals surface area contributed by atoms with Gasteiger partial charge < -0.3 is 10.6 Å². The Kier molecular flexibility index (Phi) is 3.33. The van der Waals surface area contributed by atoms with E-state index in [-0.39, 0.29) is 11.8 Å². The molecule has 1 amide bonds. The van der Waals surface area contributed by atoms with Gasteiger partial charge in [0, 0.05) is 24.3 Å². The molecule has 1 atom stereocenters. The summed E-state index contributed by atoms with van der Waals surface area (Å²) >= 11 is 5.96. The standard InChI is InChI=1S/C12H13ClN2O2/c13-11-5-10(2-1-9(11)7-16)15-4-3-8(6-15)12(14)17/h1-2,5,7-8H,3-4,6H2,(H2,14,17). The summed E-state index contributed by atoms with van der Waals surface area (Å²) in [6.45, 7) is 1.40. The first-order chi connectivity index (χ1) is 8.11. The Hall–Kier alpha value is -1.55. The topological polar surface area (TPSA) is 63.4 Å². The van der Waals surface area contributed by atoms with Crippen LogP contribution in [0.2, 0.25) is 5.02 Å². The molecular weight excluding hydrogens is 240 g/mol. The number of primary amides is 1. The van der Waals surface area contributed by atoms with E-state index in [4.69, 9.17) is 17.3 Å². The predicted molar refractivity (Wildman–Crippen MR) is 66.4 cm³/mol. The average Bonchev–Trinajstić information content (AvgIpc) is 2.78. The first-order valence-corrected chi connectivity index (χ1v) is 5.78. The number of hydrogen-bond donors (Lipinski definition) is 1. The van der Waals surface area contributed by atoms with Crippen LogP contribution in [-0.4, -0.2) is 25.3 Å². The van der Waals surface area contributed by atoms with Crippen molar-refractivity contribution < 1.29 is 9.59 Å². The molecule has 1 aromatic rings. The lowest BCUT2D eigenvalue weighted by molar-refractivity contribution is -0.121. The lowest BCUT2D eigenvalue weighted by atomic mass is 10.1. The third-order valence-electron chi connectivity index (χ3n) is 3.07. The third-order valence-corrected chi connectivity index (χ3v) is 3.39. The molecule has 1 aromatic carbocycles. The van der Waals surface area contributed by atoms with Gasteiger partial charge in [-0.1, -0.05) is 11.6 Å². The number of aldehydes is 1. The maximum Gasteiger partial charge on any atom is 0.222 e. The second kappa shape index (κ2) is 4.75. The number of carbonyl (C=O) groups is 2. The van der Waals surface area contributed by atoms with Gasteiger partial charge in [-0.3, -0.25) is 9.59 Å². The van der Waals surface area contributed by atoms with Gasteiger partial charge in [-0.2, -0.15) is 0 Å². The van der Waals surface area contributed by atoms with Gasteiger partial charge in [0.25, 0.3) is 0 Å². The lowest BCUT2D eigenvalue weighted by Crippen LogP contribution is -2.27. The highest BCUT2D eigenvalue weighted by atomic mass is 35.5. The number of halogens is 1. The zero-order chi connectivity index (χ0) is 12.4. The summed E-state index contributed by atoms with van der Waals surface area (Å²) in [6.07, 6.45) is 1.49. The molecule has 17 heavy (non-hydrogen) atoms. The fourth-order valence-electron chi connectivity index (χ4n) is 2.04. The van der Waals surface area contributed by atoms with Crippen LogP contribution in [-0.2, 0) is 4.79 Å². The van der Waals surface area contributed by atoms with E-state index in [1.54, 1.807) is 12.1 Å². The maximum absolute atomic E-state index is 11.1. The minimum atomic E-state index is -0.261. The average molecular weight is 253 g/mol. The van der Waals surface area contributed by atoms with E-state index in [1.165, 1.54) is 0 Å². The molecule has 1 heterocycles. The predicted octanol–water partition coefficient (Wildman–Crippen LogP) is 1.46. The minimum Gasteiger partial charge on any atom is -0.371 e. The van der Waals surface area contributed by atoms with Gasteiger partial charge in [0.1, 0.15) is 0 Å². The van der Waals surface area contributed by atoms with E-state index in [0.29, 0.717) is 17.1 Å². The largest absolute Gasteiger partial charge is 0.371 e.